The summed E-state index contributed by atoms with van der Waals surface area (Å²) in [4.78, 5) is 22.6. The van der Waals surface area contributed by atoms with Crippen molar-refractivity contribution in [1.82, 2.24) is 5.32 Å². The summed E-state index contributed by atoms with van der Waals surface area (Å²) in [6, 6.07) is 0. The van der Waals surface area contributed by atoms with Gasteiger partial charge in [0.05, 0.1) is 6.61 Å². The lowest BCUT2D eigenvalue weighted by atomic mass is 9.82. The maximum absolute atomic E-state index is 11.4. The summed E-state index contributed by atoms with van der Waals surface area (Å²) in [6.45, 7) is 11.9. The minimum Gasteiger partial charge on any atom is -0.459 e. The van der Waals surface area contributed by atoms with Crippen LogP contribution >= 0.6 is 0 Å². The molecular weight excluding hydrogens is 206 g/mol. The molecule has 1 amide bonds. The number of carbonyl (C=O) groups is 2. The van der Waals surface area contributed by atoms with Gasteiger partial charge >= 0.3 is 11.9 Å². The van der Waals surface area contributed by atoms with Gasteiger partial charge in [0.2, 0.25) is 0 Å². The first-order valence-corrected chi connectivity index (χ1v) is 5.57. The first-order valence-electron chi connectivity index (χ1n) is 5.57. The van der Waals surface area contributed by atoms with Gasteiger partial charge in [-0.05, 0) is 32.6 Å². The molecule has 0 spiro atoms. The van der Waals surface area contributed by atoms with Crippen LogP contribution < -0.4 is 5.32 Å². The Labute approximate surface area is 97.7 Å². The molecule has 0 rings (SSSR count). The van der Waals surface area contributed by atoms with E-state index in [0.717, 1.165) is 6.42 Å². The fourth-order valence-electron chi connectivity index (χ4n) is 1.93. The summed E-state index contributed by atoms with van der Waals surface area (Å²) in [5.74, 6) is -1.49. The van der Waals surface area contributed by atoms with Gasteiger partial charge in [0, 0.05) is 5.54 Å². The van der Waals surface area contributed by atoms with E-state index in [0.29, 0.717) is 0 Å². The molecule has 0 unspecified atom stereocenters. The summed E-state index contributed by atoms with van der Waals surface area (Å²) in [5.41, 5.74) is -0.326. The highest BCUT2D eigenvalue weighted by molar-refractivity contribution is 6.32. The molecular formula is C12H23NO3. The molecule has 0 fully saturated rings. The number of hydrogen-bond acceptors (Lipinski definition) is 3. The van der Waals surface area contributed by atoms with E-state index in [-0.39, 0.29) is 12.0 Å². The summed E-state index contributed by atoms with van der Waals surface area (Å²) in [7, 11) is 0. The fraction of sp³-hybridized carbons (Fsp3) is 0.833. The molecule has 1 N–H and O–H groups in total. The lowest BCUT2D eigenvalue weighted by Gasteiger charge is -2.32. The van der Waals surface area contributed by atoms with Crippen LogP contribution in [0, 0.1) is 5.41 Å². The second-order valence-corrected chi connectivity index (χ2v) is 5.80. The lowest BCUT2D eigenvalue weighted by molar-refractivity contribution is -0.155. The number of ether oxygens (including phenoxy) is 1. The zero-order chi connectivity index (χ0) is 13.0. The molecule has 94 valence electrons. The highest BCUT2D eigenvalue weighted by atomic mass is 16.5. The average molecular weight is 229 g/mol. The van der Waals surface area contributed by atoms with Crippen molar-refractivity contribution < 1.29 is 14.3 Å². The molecule has 0 saturated carbocycles. The third-order valence-corrected chi connectivity index (χ3v) is 1.89. The third kappa shape index (κ3) is 6.43. The maximum Gasteiger partial charge on any atom is 0.396 e. The van der Waals surface area contributed by atoms with Crippen molar-refractivity contribution in [3.63, 3.8) is 0 Å². The van der Waals surface area contributed by atoms with Crippen LogP contribution in [0.2, 0.25) is 0 Å². The highest BCUT2D eigenvalue weighted by Crippen LogP contribution is 2.26. The summed E-state index contributed by atoms with van der Waals surface area (Å²) in [5, 5.41) is 2.68. The minimum atomic E-state index is -0.815. The Morgan fingerprint density at radius 3 is 2.00 bits per heavy atom. The molecule has 0 aliphatic heterocycles. The average Bonchev–Trinajstić information content (AvgIpc) is 1.98. The van der Waals surface area contributed by atoms with Gasteiger partial charge in [-0.25, -0.2) is 4.79 Å². The van der Waals surface area contributed by atoms with Crippen LogP contribution in [0.1, 0.15) is 48.0 Å². The molecule has 0 aliphatic rings. The van der Waals surface area contributed by atoms with Crippen LogP contribution in [-0.4, -0.2) is 24.0 Å². The van der Waals surface area contributed by atoms with Crippen LogP contribution in [0.15, 0.2) is 0 Å². The van der Waals surface area contributed by atoms with Crippen molar-refractivity contribution in [2.45, 2.75) is 53.5 Å². The van der Waals surface area contributed by atoms with Gasteiger partial charge in [0.1, 0.15) is 0 Å². The Morgan fingerprint density at radius 2 is 1.62 bits per heavy atom. The van der Waals surface area contributed by atoms with Crippen molar-refractivity contribution in [2.24, 2.45) is 5.41 Å². The zero-order valence-corrected chi connectivity index (χ0v) is 11.1. The molecule has 4 nitrogen and oxygen atoms in total. The first-order chi connectivity index (χ1) is 7.07. The second-order valence-electron chi connectivity index (χ2n) is 5.80. The van der Waals surface area contributed by atoms with Crippen molar-refractivity contribution in [3.05, 3.63) is 0 Å². The van der Waals surface area contributed by atoms with Gasteiger partial charge in [-0.2, -0.15) is 0 Å². The van der Waals surface area contributed by atoms with Crippen LogP contribution in [-0.2, 0) is 14.3 Å². The summed E-state index contributed by atoms with van der Waals surface area (Å²) >= 11 is 0. The molecule has 16 heavy (non-hydrogen) atoms. The first kappa shape index (κ1) is 14.9. The number of amides is 1. The second kappa shape index (κ2) is 5.32. The van der Waals surface area contributed by atoms with E-state index in [4.69, 9.17) is 0 Å². The van der Waals surface area contributed by atoms with Crippen LogP contribution in [0.5, 0.6) is 0 Å². The fourth-order valence-corrected chi connectivity index (χ4v) is 1.93. The predicted molar refractivity (Wildman–Crippen MR) is 62.9 cm³/mol. The number of esters is 1. The maximum atomic E-state index is 11.4. The Kier molecular flexibility index (Phi) is 4.97. The van der Waals surface area contributed by atoms with Crippen LogP contribution in [0.3, 0.4) is 0 Å². The largest absolute Gasteiger partial charge is 0.459 e. The molecule has 0 atom stereocenters. The van der Waals surface area contributed by atoms with E-state index in [1.54, 1.807) is 6.92 Å². The zero-order valence-electron chi connectivity index (χ0n) is 11.1. The van der Waals surface area contributed by atoms with Crippen molar-refractivity contribution in [2.75, 3.05) is 6.61 Å². The molecule has 0 heterocycles. The number of carbonyl (C=O) groups excluding carboxylic acids is 2. The Bertz CT molecular complexity index is 264. The molecule has 0 aromatic rings. The summed E-state index contributed by atoms with van der Waals surface area (Å²) < 4.78 is 4.63. The lowest BCUT2D eigenvalue weighted by Crippen LogP contribution is -2.48. The van der Waals surface area contributed by atoms with E-state index >= 15 is 0 Å². The predicted octanol–water partition coefficient (Wildman–Crippen LogP) is 1.88. The van der Waals surface area contributed by atoms with E-state index in [9.17, 15) is 9.59 Å². The van der Waals surface area contributed by atoms with Crippen LogP contribution in [0.4, 0.5) is 0 Å². The van der Waals surface area contributed by atoms with Gasteiger partial charge in [0.25, 0.3) is 0 Å². The highest BCUT2D eigenvalue weighted by Gasteiger charge is 2.29. The molecule has 0 saturated heterocycles. The topological polar surface area (TPSA) is 55.4 Å². The summed E-state index contributed by atoms with van der Waals surface area (Å²) in [6.07, 6.45) is 0.783. The van der Waals surface area contributed by atoms with Crippen molar-refractivity contribution >= 4 is 11.9 Å². The van der Waals surface area contributed by atoms with Gasteiger partial charge < -0.3 is 10.1 Å². The minimum absolute atomic E-state index is 0.0887. The van der Waals surface area contributed by atoms with E-state index in [1.165, 1.54) is 0 Å². The van der Waals surface area contributed by atoms with Gasteiger partial charge in [-0.3, -0.25) is 4.79 Å². The molecule has 0 aromatic carbocycles. The molecule has 0 bridgehead atoms. The van der Waals surface area contributed by atoms with Gasteiger partial charge in [-0.1, -0.05) is 20.8 Å². The monoisotopic (exact) mass is 229 g/mol. The van der Waals surface area contributed by atoms with Crippen molar-refractivity contribution in [1.29, 1.82) is 0 Å². The normalized spacial score (nSPS) is 12.1. The Hall–Kier alpha value is -1.06. The van der Waals surface area contributed by atoms with Gasteiger partial charge in [-0.15, -0.1) is 0 Å². The Morgan fingerprint density at radius 1 is 1.12 bits per heavy atom. The smallest absolute Gasteiger partial charge is 0.396 e. The number of hydrogen-bond donors (Lipinski definition) is 1. The number of nitrogens with one attached hydrogen (secondary N) is 1. The van der Waals surface area contributed by atoms with E-state index < -0.39 is 17.4 Å². The van der Waals surface area contributed by atoms with Crippen molar-refractivity contribution in [3.8, 4) is 0 Å². The standard InChI is InChI=1S/C12H23NO3/c1-7-16-10(15)9(14)13-12(5,6)8-11(2,3)4/h7-8H2,1-6H3,(H,13,14). The molecule has 4 heteroatoms. The Balaban J connectivity index is 4.36. The van der Waals surface area contributed by atoms with Gasteiger partial charge in [0.15, 0.2) is 0 Å². The van der Waals surface area contributed by atoms with Crippen LogP contribution in [0.25, 0.3) is 0 Å². The molecule has 0 aliphatic carbocycles. The molecule has 0 aromatic heterocycles. The number of rotatable bonds is 3. The quantitative estimate of drug-likeness (QED) is 0.594. The van der Waals surface area contributed by atoms with E-state index in [1.807, 2.05) is 13.8 Å². The molecule has 0 radical (unpaired) electrons. The van der Waals surface area contributed by atoms with E-state index in [2.05, 4.69) is 30.8 Å². The third-order valence-electron chi connectivity index (χ3n) is 1.89. The SMILES string of the molecule is CCOC(=O)C(=O)NC(C)(C)CC(C)(C)C.